The van der Waals surface area contributed by atoms with E-state index in [0.29, 0.717) is 0 Å². The van der Waals surface area contributed by atoms with E-state index in [-0.39, 0.29) is 36.7 Å². The van der Waals surface area contributed by atoms with Crippen molar-refractivity contribution in [2.24, 2.45) is 11.7 Å². The number of phenolic OH excluding ortho intramolecular Hbond substituents is 1. The van der Waals surface area contributed by atoms with Gasteiger partial charge in [0.25, 0.3) is 0 Å². The van der Waals surface area contributed by atoms with Gasteiger partial charge in [-0.25, -0.2) is 4.79 Å². The molecule has 0 bridgehead atoms. The molecule has 206 valence electrons. The first-order chi connectivity index (χ1) is 18.0. The van der Waals surface area contributed by atoms with Gasteiger partial charge in [-0.05, 0) is 42.0 Å². The monoisotopic (exact) mass is 544 g/mol. The molecule has 0 heterocycles. The van der Waals surface area contributed by atoms with Crippen LogP contribution in [0.2, 0.25) is 0 Å². The van der Waals surface area contributed by atoms with Gasteiger partial charge in [-0.15, -0.1) is 0 Å². The summed E-state index contributed by atoms with van der Waals surface area (Å²) in [7, 11) is 0. The molecule has 2 aromatic rings. The average molecular weight is 545 g/mol. The van der Waals surface area contributed by atoms with Gasteiger partial charge in [-0.1, -0.05) is 56.3 Å². The minimum Gasteiger partial charge on any atom is -0.508 e. The fraction of sp³-hybridized carbons (Fsp3) is 0.407. The zero-order valence-corrected chi connectivity index (χ0v) is 22.4. The van der Waals surface area contributed by atoms with Gasteiger partial charge < -0.3 is 31.9 Å². The number of carboxylic acids is 1. The molecule has 0 aliphatic heterocycles. The van der Waals surface area contributed by atoms with E-state index < -0.39 is 47.9 Å². The van der Waals surface area contributed by atoms with Crippen molar-refractivity contribution < 1.29 is 29.4 Å². The first kappa shape index (κ1) is 30.7. The number of nitrogens with two attached hydrogens (primary N) is 1. The summed E-state index contributed by atoms with van der Waals surface area (Å²) in [5, 5.41) is 26.5. The molecular weight excluding hydrogens is 508 g/mol. The molecule has 0 saturated carbocycles. The van der Waals surface area contributed by atoms with Crippen LogP contribution in [-0.2, 0) is 32.0 Å². The summed E-state index contributed by atoms with van der Waals surface area (Å²) in [6.07, 6.45) is 0.596. The summed E-state index contributed by atoms with van der Waals surface area (Å²) in [5.41, 5.74) is 7.58. The molecule has 7 N–H and O–H groups in total. The molecule has 0 fully saturated rings. The number of aliphatic carboxylic acids is 1. The van der Waals surface area contributed by atoms with Crippen LogP contribution >= 0.6 is 12.6 Å². The fourth-order valence-electron chi connectivity index (χ4n) is 3.75. The van der Waals surface area contributed by atoms with Crippen molar-refractivity contribution in [3.63, 3.8) is 0 Å². The van der Waals surface area contributed by atoms with Crippen molar-refractivity contribution >= 4 is 36.3 Å². The minimum atomic E-state index is -1.24. The van der Waals surface area contributed by atoms with Crippen LogP contribution < -0.4 is 21.7 Å². The maximum atomic E-state index is 13.3. The number of nitrogens with one attached hydrogen (secondary N) is 3. The zero-order chi connectivity index (χ0) is 28.2. The maximum Gasteiger partial charge on any atom is 0.327 e. The summed E-state index contributed by atoms with van der Waals surface area (Å²) in [6, 6.07) is 11.0. The molecule has 0 spiro atoms. The number of aromatic hydroxyl groups is 1. The molecule has 3 amide bonds. The minimum absolute atomic E-state index is 0.0290. The van der Waals surface area contributed by atoms with E-state index >= 15 is 0 Å². The number of hydrogen-bond donors (Lipinski definition) is 7. The normalized spacial score (nSPS) is 14.1. The Kier molecular flexibility index (Phi) is 12.1. The van der Waals surface area contributed by atoms with E-state index in [2.05, 4.69) is 28.6 Å². The number of thiol groups is 1. The SMILES string of the molecule is CC(C)CC(NC(=O)C(N)Cc1ccc(O)cc1)C(=O)NC(Cc1ccccc1)C(=O)NC(CS)C(=O)O. The van der Waals surface area contributed by atoms with Crippen LogP contribution in [0.5, 0.6) is 5.75 Å². The summed E-state index contributed by atoms with van der Waals surface area (Å²) in [5.74, 6) is -3.05. The Morgan fingerprint density at radius 2 is 1.32 bits per heavy atom. The predicted octanol–water partition coefficient (Wildman–Crippen LogP) is 1.02. The van der Waals surface area contributed by atoms with E-state index in [0.717, 1.165) is 11.1 Å². The number of benzene rings is 2. The second kappa shape index (κ2) is 15.0. The molecule has 11 heteroatoms. The predicted molar refractivity (Wildman–Crippen MR) is 147 cm³/mol. The highest BCUT2D eigenvalue weighted by molar-refractivity contribution is 7.80. The van der Waals surface area contributed by atoms with Crippen molar-refractivity contribution in [2.45, 2.75) is 57.3 Å². The third kappa shape index (κ3) is 10.1. The molecule has 0 aliphatic rings. The van der Waals surface area contributed by atoms with Gasteiger partial charge in [0.2, 0.25) is 17.7 Å². The van der Waals surface area contributed by atoms with Gasteiger partial charge in [0.05, 0.1) is 6.04 Å². The van der Waals surface area contributed by atoms with Crippen molar-refractivity contribution in [2.75, 3.05) is 5.75 Å². The quantitative estimate of drug-likeness (QED) is 0.174. The molecule has 4 unspecified atom stereocenters. The van der Waals surface area contributed by atoms with Gasteiger partial charge in [-0.3, -0.25) is 14.4 Å². The van der Waals surface area contributed by atoms with Crippen molar-refractivity contribution in [3.8, 4) is 5.75 Å². The molecule has 0 aromatic heterocycles. The molecule has 10 nitrogen and oxygen atoms in total. The number of carbonyl (C=O) groups is 4. The molecule has 4 atom stereocenters. The molecule has 0 saturated heterocycles. The number of carboxylic acid groups (broad SMARTS) is 1. The first-order valence-electron chi connectivity index (χ1n) is 12.3. The smallest absolute Gasteiger partial charge is 0.327 e. The van der Waals surface area contributed by atoms with Crippen molar-refractivity contribution in [1.82, 2.24) is 16.0 Å². The van der Waals surface area contributed by atoms with Gasteiger partial charge in [0.15, 0.2) is 0 Å². The third-order valence-electron chi connectivity index (χ3n) is 5.78. The lowest BCUT2D eigenvalue weighted by molar-refractivity contribution is -0.141. The van der Waals surface area contributed by atoms with Crippen LogP contribution in [-0.4, -0.2) is 63.8 Å². The largest absolute Gasteiger partial charge is 0.508 e. The van der Waals surface area contributed by atoms with Crippen LogP contribution in [0.4, 0.5) is 0 Å². The molecule has 2 aromatic carbocycles. The molecule has 2 rings (SSSR count). The van der Waals surface area contributed by atoms with Crippen LogP contribution in [0.1, 0.15) is 31.4 Å². The summed E-state index contributed by atoms with van der Waals surface area (Å²) < 4.78 is 0. The number of rotatable bonds is 14. The Labute approximate surface area is 227 Å². The van der Waals surface area contributed by atoms with E-state index in [1.807, 2.05) is 19.9 Å². The second-order valence-electron chi connectivity index (χ2n) is 9.50. The molecule has 38 heavy (non-hydrogen) atoms. The van der Waals surface area contributed by atoms with Gasteiger partial charge >= 0.3 is 5.97 Å². The average Bonchev–Trinajstić information content (AvgIpc) is 2.87. The summed E-state index contributed by atoms with van der Waals surface area (Å²) in [4.78, 5) is 50.6. The number of phenols is 1. The number of amides is 3. The first-order valence-corrected chi connectivity index (χ1v) is 13.0. The van der Waals surface area contributed by atoms with Crippen molar-refractivity contribution in [3.05, 3.63) is 65.7 Å². The lowest BCUT2D eigenvalue weighted by atomic mass is 10.00. The van der Waals surface area contributed by atoms with Crippen LogP contribution in [0.25, 0.3) is 0 Å². The maximum absolute atomic E-state index is 13.3. The highest BCUT2D eigenvalue weighted by Crippen LogP contribution is 2.12. The van der Waals surface area contributed by atoms with E-state index in [4.69, 9.17) is 5.73 Å². The van der Waals surface area contributed by atoms with Gasteiger partial charge in [0.1, 0.15) is 23.9 Å². The van der Waals surface area contributed by atoms with E-state index in [1.165, 1.54) is 12.1 Å². The van der Waals surface area contributed by atoms with E-state index in [9.17, 15) is 29.4 Å². The highest BCUT2D eigenvalue weighted by Gasteiger charge is 2.30. The summed E-state index contributed by atoms with van der Waals surface area (Å²) in [6.45, 7) is 3.78. The van der Waals surface area contributed by atoms with Gasteiger partial charge in [0, 0.05) is 12.2 Å². The number of carbonyl (C=O) groups excluding carboxylic acids is 3. The van der Waals surface area contributed by atoms with E-state index in [1.54, 1.807) is 36.4 Å². The fourth-order valence-corrected chi connectivity index (χ4v) is 4.00. The molecule has 0 radical (unpaired) electrons. The zero-order valence-electron chi connectivity index (χ0n) is 21.5. The molecule has 0 aliphatic carbocycles. The standard InChI is InChI=1S/C27H36N4O6S/c1-16(2)12-21(29-24(33)20(28)13-18-8-10-19(32)11-9-18)25(34)30-22(14-17-6-4-3-5-7-17)26(35)31-23(15-38)27(36)37/h3-11,16,20-23,32,38H,12-15,28H2,1-2H3,(H,29,33)(H,30,34)(H,31,35)(H,36,37). The highest BCUT2D eigenvalue weighted by atomic mass is 32.1. The Balaban J connectivity index is 2.17. The van der Waals surface area contributed by atoms with Crippen molar-refractivity contribution in [1.29, 1.82) is 0 Å². The second-order valence-corrected chi connectivity index (χ2v) is 9.87. The van der Waals surface area contributed by atoms with Crippen LogP contribution in [0.15, 0.2) is 54.6 Å². The summed E-state index contributed by atoms with van der Waals surface area (Å²) >= 11 is 3.98. The topological polar surface area (TPSA) is 171 Å². The Morgan fingerprint density at radius 1 is 0.789 bits per heavy atom. The number of hydrogen-bond acceptors (Lipinski definition) is 7. The van der Waals surface area contributed by atoms with Crippen LogP contribution in [0.3, 0.4) is 0 Å². The Morgan fingerprint density at radius 3 is 1.87 bits per heavy atom. The lowest BCUT2D eigenvalue weighted by Crippen LogP contribution is -2.58. The third-order valence-corrected chi connectivity index (χ3v) is 6.15. The molecular formula is C27H36N4O6S. The lowest BCUT2D eigenvalue weighted by Gasteiger charge is -2.26. The Bertz CT molecular complexity index is 1080. The van der Waals surface area contributed by atoms with Crippen LogP contribution in [0, 0.1) is 5.92 Å². The Hall–Kier alpha value is -3.57. The van der Waals surface area contributed by atoms with Gasteiger partial charge in [-0.2, -0.15) is 12.6 Å².